The van der Waals surface area contributed by atoms with Gasteiger partial charge >= 0.3 is 58.6 Å². The SMILES string of the molecule is O=C([O-])CC(O)(CC(=O)O)C(=O)O.O=C([O-])CCC(=O)[O-].[Fe+2].[Na+]. The van der Waals surface area contributed by atoms with E-state index >= 15 is 0 Å². The molecule has 0 saturated heterocycles. The summed E-state index contributed by atoms with van der Waals surface area (Å²) in [6.45, 7) is 0. The summed E-state index contributed by atoms with van der Waals surface area (Å²) in [5, 5.41) is 54.5. The molecule has 0 saturated carbocycles. The van der Waals surface area contributed by atoms with Crippen molar-refractivity contribution in [3.8, 4) is 0 Å². The summed E-state index contributed by atoms with van der Waals surface area (Å²) < 4.78 is 0. The molecule has 11 nitrogen and oxygen atoms in total. The van der Waals surface area contributed by atoms with Crippen molar-refractivity contribution in [1.82, 2.24) is 0 Å². The molecule has 13 heteroatoms. The van der Waals surface area contributed by atoms with E-state index in [0.717, 1.165) is 0 Å². The van der Waals surface area contributed by atoms with Gasteiger partial charge < -0.3 is 45.0 Å². The zero-order valence-corrected chi connectivity index (χ0v) is 14.9. The van der Waals surface area contributed by atoms with Gasteiger partial charge in [-0.15, -0.1) is 0 Å². The minimum atomic E-state index is -2.80. The molecule has 0 aliphatic rings. The van der Waals surface area contributed by atoms with Gasteiger partial charge in [0.25, 0.3) is 0 Å². The van der Waals surface area contributed by atoms with Crippen molar-refractivity contribution >= 4 is 29.8 Å². The first-order valence-electron chi connectivity index (χ1n) is 5.18. The Bertz CT molecular complexity index is 407. The second kappa shape index (κ2) is 14.4. The number of hydrogen-bond acceptors (Lipinski definition) is 9. The number of aliphatic carboxylic acids is 5. The standard InChI is InChI=1S/C6H8O7.C4H6O4.Fe.Na/c7-3(8)1-6(13,5(11)12)2-4(9)10;5-3(6)1-2-4(7)8;;/h13H,1-2H2,(H,7,8)(H,9,10)(H,11,12);1-2H2,(H,5,6)(H,7,8);;/q;;+2;+1/p-3. The Hall–Kier alpha value is -1.17. The van der Waals surface area contributed by atoms with Crippen molar-refractivity contribution in [3.63, 3.8) is 0 Å². The van der Waals surface area contributed by atoms with Crippen molar-refractivity contribution in [2.75, 3.05) is 0 Å². The van der Waals surface area contributed by atoms with Crippen LogP contribution in [0.2, 0.25) is 0 Å². The van der Waals surface area contributed by atoms with Crippen LogP contribution in [0, 0.1) is 0 Å². The van der Waals surface area contributed by atoms with Gasteiger partial charge in [0.05, 0.1) is 6.42 Å². The number of hydrogen-bond donors (Lipinski definition) is 3. The molecule has 23 heavy (non-hydrogen) atoms. The summed E-state index contributed by atoms with van der Waals surface area (Å²) in [6.07, 6.45) is -3.38. The van der Waals surface area contributed by atoms with Gasteiger partial charge in [-0.05, 0) is 12.8 Å². The fraction of sp³-hybridized carbons (Fsp3) is 0.500. The van der Waals surface area contributed by atoms with Gasteiger partial charge in [-0.1, -0.05) is 0 Å². The topological polar surface area (TPSA) is 215 Å². The molecule has 1 unspecified atom stereocenters. The van der Waals surface area contributed by atoms with Gasteiger partial charge in [0.2, 0.25) is 0 Å². The van der Waals surface area contributed by atoms with E-state index in [9.17, 15) is 39.3 Å². The van der Waals surface area contributed by atoms with Crippen LogP contribution < -0.4 is 44.9 Å². The number of aliphatic hydroxyl groups is 1. The van der Waals surface area contributed by atoms with Gasteiger partial charge in [-0.25, -0.2) is 4.79 Å². The molecule has 126 valence electrons. The third-order valence-electron chi connectivity index (χ3n) is 1.81. The Labute approximate surface area is 162 Å². The molecule has 0 radical (unpaired) electrons. The quantitative estimate of drug-likeness (QED) is 0.333. The molecular weight excluding hydrogens is 375 g/mol. The van der Waals surface area contributed by atoms with Gasteiger partial charge in [-0.2, -0.15) is 0 Å². The second-order valence-electron chi connectivity index (χ2n) is 3.70. The van der Waals surface area contributed by atoms with Crippen LogP contribution in [0.4, 0.5) is 0 Å². The normalized spacial score (nSPS) is 11.2. The number of carboxylic acids is 5. The maximum absolute atomic E-state index is 10.3. The van der Waals surface area contributed by atoms with E-state index in [0.29, 0.717) is 0 Å². The van der Waals surface area contributed by atoms with E-state index in [-0.39, 0.29) is 46.6 Å². The fourth-order valence-corrected chi connectivity index (χ4v) is 0.907. The van der Waals surface area contributed by atoms with E-state index in [1.54, 1.807) is 0 Å². The molecule has 0 bridgehead atoms. The predicted octanol–water partition coefficient (Wildman–Crippen LogP) is -8.32. The molecule has 0 fully saturated rings. The summed E-state index contributed by atoms with van der Waals surface area (Å²) in [4.78, 5) is 49.3. The van der Waals surface area contributed by atoms with Crippen LogP contribution >= 0.6 is 0 Å². The van der Waals surface area contributed by atoms with Crippen LogP contribution in [0.1, 0.15) is 25.7 Å². The van der Waals surface area contributed by atoms with Crippen LogP contribution in [0.15, 0.2) is 0 Å². The van der Waals surface area contributed by atoms with Gasteiger partial charge in [0.15, 0.2) is 5.60 Å². The average molecular weight is 386 g/mol. The summed E-state index contributed by atoms with van der Waals surface area (Å²) >= 11 is 0. The first kappa shape index (κ1) is 29.8. The molecule has 0 aromatic heterocycles. The first-order chi connectivity index (χ1) is 9.40. The Balaban J connectivity index is -0.000000158. The molecular formula is C10H11FeNaO11. The molecule has 0 aliphatic carbocycles. The van der Waals surface area contributed by atoms with Gasteiger partial charge in [-0.3, -0.25) is 4.79 Å². The van der Waals surface area contributed by atoms with Crippen LogP contribution in [0.25, 0.3) is 0 Å². The van der Waals surface area contributed by atoms with Gasteiger partial charge in [0.1, 0.15) is 0 Å². The van der Waals surface area contributed by atoms with Crippen LogP contribution in [0.3, 0.4) is 0 Å². The third-order valence-corrected chi connectivity index (χ3v) is 1.81. The van der Waals surface area contributed by atoms with E-state index in [1.807, 2.05) is 0 Å². The molecule has 3 N–H and O–H groups in total. The molecule has 0 rings (SSSR count). The number of carbonyl (C=O) groups is 5. The van der Waals surface area contributed by atoms with E-state index < -0.39 is 61.1 Å². The predicted molar refractivity (Wildman–Crippen MR) is 53.7 cm³/mol. The van der Waals surface area contributed by atoms with Crippen molar-refractivity contribution in [3.05, 3.63) is 0 Å². The fourth-order valence-electron chi connectivity index (χ4n) is 0.907. The minimum Gasteiger partial charge on any atom is -0.550 e. The molecule has 0 amide bonds. The number of carboxylic acid groups (broad SMARTS) is 5. The third kappa shape index (κ3) is 18.8. The Morgan fingerprint density at radius 3 is 1.30 bits per heavy atom. The van der Waals surface area contributed by atoms with E-state index in [1.165, 1.54) is 0 Å². The monoisotopic (exact) mass is 386 g/mol. The van der Waals surface area contributed by atoms with Crippen molar-refractivity contribution in [2.45, 2.75) is 31.3 Å². The molecule has 0 heterocycles. The molecule has 0 aromatic carbocycles. The molecule has 0 aromatic rings. The van der Waals surface area contributed by atoms with Crippen LogP contribution in [-0.2, 0) is 41.0 Å². The Kier molecular flexibility index (Phi) is 18.7. The zero-order valence-electron chi connectivity index (χ0n) is 11.8. The van der Waals surface area contributed by atoms with Crippen molar-refractivity contribution < 1.29 is 101 Å². The van der Waals surface area contributed by atoms with Crippen LogP contribution in [-0.4, -0.2) is 50.8 Å². The molecule has 0 spiro atoms. The number of rotatable bonds is 8. The zero-order chi connectivity index (χ0) is 17.2. The first-order valence-corrected chi connectivity index (χ1v) is 5.18. The number of carbonyl (C=O) groups excluding carboxylic acids is 3. The smallest absolute Gasteiger partial charge is 0.550 e. The summed E-state index contributed by atoms with van der Waals surface area (Å²) in [5.74, 6) is -8.07. The van der Waals surface area contributed by atoms with E-state index in [2.05, 4.69) is 0 Å². The Morgan fingerprint density at radius 1 is 0.783 bits per heavy atom. The molecule has 1 atom stereocenters. The Morgan fingerprint density at radius 2 is 1.13 bits per heavy atom. The summed E-state index contributed by atoms with van der Waals surface area (Å²) in [5.41, 5.74) is -2.80. The second-order valence-corrected chi connectivity index (χ2v) is 3.70. The van der Waals surface area contributed by atoms with Gasteiger partial charge in [0, 0.05) is 24.3 Å². The largest absolute Gasteiger partial charge is 2.00 e. The van der Waals surface area contributed by atoms with Crippen molar-refractivity contribution in [2.24, 2.45) is 0 Å². The minimum absolute atomic E-state index is 0. The maximum atomic E-state index is 10.3. The summed E-state index contributed by atoms with van der Waals surface area (Å²) in [6, 6.07) is 0. The maximum Gasteiger partial charge on any atom is 2.00 e. The average Bonchev–Trinajstić information content (AvgIpc) is 2.24. The van der Waals surface area contributed by atoms with Crippen molar-refractivity contribution in [1.29, 1.82) is 0 Å². The van der Waals surface area contributed by atoms with Crippen LogP contribution in [0.5, 0.6) is 0 Å². The molecule has 0 aliphatic heterocycles. The summed E-state index contributed by atoms with van der Waals surface area (Å²) in [7, 11) is 0. The van der Waals surface area contributed by atoms with E-state index in [4.69, 9.17) is 15.3 Å².